The SMILES string of the molecule is Cc1cccc(CS(=O)(=O)N2CCCC(Oc3ccncc3)C2)c1. The van der Waals surface area contributed by atoms with E-state index in [0.717, 1.165) is 29.7 Å². The van der Waals surface area contributed by atoms with Crippen molar-refractivity contribution in [3.05, 3.63) is 59.9 Å². The Labute approximate surface area is 143 Å². The Morgan fingerprint density at radius 1 is 1.25 bits per heavy atom. The Bertz CT molecular complexity index is 778. The van der Waals surface area contributed by atoms with Gasteiger partial charge in [-0.05, 0) is 37.5 Å². The van der Waals surface area contributed by atoms with Crippen molar-refractivity contribution in [2.45, 2.75) is 31.6 Å². The van der Waals surface area contributed by atoms with Gasteiger partial charge < -0.3 is 4.74 Å². The fourth-order valence-electron chi connectivity index (χ4n) is 2.97. The Kier molecular flexibility index (Phi) is 5.16. The first-order valence-electron chi connectivity index (χ1n) is 8.13. The highest BCUT2D eigenvalue weighted by Gasteiger charge is 2.30. The van der Waals surface area contributed by atoms with Gasteiger partial charge in [0.25, 0.3) is 0 Å². The molecule has 2 aromatic rings. The molecule has 1 aliphatic heterocycles. The number of nitrogens with zero attached hydrogens (tertiary/aromatic N) is 2. The number of aromatic nitrogens is 1. The minimum Gasteiger partial charge on any atom is -0.489 e. The fraction of sp³-hybridized carbons (Fsp3) is 0.389. The predicted molar refractivity (Wildman–Crippen MR) is 93.3 cm³/mol. The summed E-state index contributed by atoms with van der Waals surface area (Å²) in [6.45, 7) is 2.93. The minimum atomic E-state index is -3.34. The van der Waals surface area contributed by atoms with Gasteiger partial charge in [-0.2, -0.15) is 4.31 Å². The summed E-state index contributed by atoms with van der Waals surface area (Å²) >= 11 is 0. The molecule has 5 nitrogen and oxygen atoms in total. The van der Waals surface area contributed by atoms with Crippen molar-refractivity contribution >= 4 is 10.0 Å². The molecule has 1 aromatic heterocycles. The van der Waals surface area contributed by atoms with Crippen LogP contribution in [0.3, 0.4) is 0 Å². The molecule has 3 rings (SSSR count). The molecular formula is C18H22N2O3S. The lowest BCUT2D eigenvalue weighted by Crippen LogP contribution is -2.44. The number of benzene rings is 1. The van der Waals surface area contributed by atoms with Gasteiger partial charge in [-0.1, -0.05) is 29.8 Å². The zero-order valence-electron chi connectivity index (χ0n) is 13.8. The molecule has 24 heavy (non-hydrogen) atoms. The molecule has 0 radical (unpaired) electrons. The Balaban J connectivity index is 1.67. The lowest BCUT2D eigenvalue weighted by atomic mass is 10.1. The third kappa shape index (κ3) is 4.33. The summed E-state index contributed by atoms with van der Waals surface area (Å²) in [6.07, 6.45) is 4.89. The van der Waals surface area contributed by atoms with E-state index >= 15 is 0 Å². The van der Waals surface area contributed by atoms with Crippen LogP contribution in [0.5, 0.6) is 5.75 Å². The average molecular weight is 346 g/mol. The van der Waals surface area contributed by atoms with E-state index in [1.807, 2.05) is 31.2 Å². The van der Waals surface area contributed by atoms with Gasteiger partial charge in [-0.15, -0.1) is 0 Å². The Morgan fingerprint density at radius 3 is 2.79 bits per heavy atom. The molecular weight excluding hydrogens is 324 g/mol. The number of pyridine rings is 1. The van der Waals surface area contributed by atoms with Gasteiger partial charge in [-0.25, -0.2) is 8.42 Å². The summed E-state index contributed by atoms with van der Waals surface area (Å²) in [7, 11) is -3.34. The first kappa shape index (κ1) is 16.9. The summed E-state index contributed by atoms with van der Waals surface area (Å²) < 4.78 is 32.9. The number of ether oxygens (including phenoxy) is 1. The number of sulfonamides is 1. The summed E-state index contributed by atoms with van der Waals surface area (Å²) in [5.74, 6) is 0.768. The van der Waals surface area contributed by atoms with Gasteiger partial charge in [0.1, 0.15) is 11.9 Å². The second kappa shape index (κ2) is 7.32. The maximum Gasteiger partial charge on any atom is 0.218 e. The minimum absolute atomic E-state index is 0.0384. The number of hydrogen-bond donors (Lipinski definition) is 0. The van der Waals surface area contributed by atoms with Crippen molar-refractivity contribution in [2.24, 2.45) is 0 Å². The van der Waals surface area contributed by atoms with Crippen molar-refractivity contribution in [3.8, 4) is 5.75 Å². The first-order valence-corrected chi connectivity index (χ1v) is 9.74. The second-order valence-electron chi connectivity index (χ2n) is 6.17. The zero-order chi connectivity index (χ0) is 17.0. The average Bonchev–Trinajstić information content (AvgIpc) is 2.56. The first-order chi connectivity index (χ1) is 11.5. The van der Waals surface area contributed by atoms with Crippen molar-refractivity contribution in [1.29, 1.82) is 0 Å². The van der Waals surface area contributed by atoms with E-state index < -0.39 is 10.0 Å². The van der Waals surface area contributed by atoms with Gasteiger partial charge in [0.05, 0.1) is 12.3 Å². The summed E-state index contributed by atoms with van der Waals surface area (Å²) in [5, 5.41) is 0. The Morgan fingerprint density at radius 2 is 2.04 bits per heavy atom. The largest absolute Gasteiger partial charge is 0.489 e. The van der Waals surface area contributed by atoms with Crippen LogP contribution in [0.4, 0.5) is 0 Å². The zero-order valence-corrected chi connectivity index (χ0v) is 14.6. The topological polar surface area (TPSA) is 59.5 Å². The fourth-order valence-corrected chi connectivity index (χ4v) is 4.55. The lowest BCUT2D eigenvalue weighted by molar-refractivity contribution is 0.129. The molecule has 1 aromatic carbocycles. The van der Waals surface area contributed by atoms with Gasteiger partial charge in [0.2, 0.25) is 10.0 Å². The van der Waals surface area contributed by atoms with Crippen molar-refractivity contribution < 1.29 is 13.2 Å². The highest BCUT2D eigenvalue weighted by atomic mass is 32.2. The van der Waals surface area contributed by atoms with Crippen LogP contribution >= 0.6 is 0 Å². The molecule has 2 heterocycles. The molecule has 6 heteroatoms. The van der Waals surface area contributed by atoms with Crippen LogP contribution in [0, 0.1) is 6.92 Å². The summed E-state index contributed by atoms with van der Waals surface area (Å²) in [6, 6.07) is 11.2. The van der Waals surface area contributed by atoms with Gasteiger partial charge in [-0.3, -0.25) is 4.98 Å². The number of rotatable bonds is 5. The van der Waals surface area contributed by atoms with Crippen LogP contribution in [0.1, 0.15) is 24.0 Å². The van der Waals surface area contributed by atoms with E-state index in [0.29, 0.717) is 13.1 Å². The van der Waals surface area contributed by atoms with E-state index in [1.165, 1.54) is 0 Å². The smallest absolute Gasteiger partial charge is 0.218 e. The molecule has 1 aliphatic rings. The second-order valence-corrected chi connectivity index (χ2v) is 8.14. The molecule has 0 N–H and O–H groups in total. The van der Waals surface area contributed by atoms with Gasteiger partial charge in [0, 0.05) is 18.9 Å². The van der Waals surface area contributed by atoms with E-state index in [1.54, 1.807) is 28.8 Å². The van der Waals surface area contributed by atoms with Crippen LogP contribution in [-0.4, -0.2) is 36.9 Å². The van der Waals surface area contributed by atoms with Crippen LogP contribution in [0.2, 0.25) is 0 Å². The van der Waals surface area contributed by atoms with E-state index in [2.05, 4.69) is 4.98 Å². The van der Waals surface area contributed by atoms with Crippen LogP contribution in [-0.2, 0) is 15.8 Å². The van der Waals surface area contributed by atoms with E-state index in [-0.39, 0.29) is 11.9 Å². The highest BCUT2D eigenvalue weighted by molar-refractivity contribution is 7.88. The predicted octanol–water partition coefficient (Wildman–Crippen LogP) is 2.76. The molecule has 1 fully saturated rings. The molecule has 0 spiro atoms. The molecule has 0 saturated carbocycles. The lowest BCUT2D eigenvalue weighted by Gasteiger charge is -2.32. The molecule has 0 bridgehead atoms. The normalized spacial score (nSPS) is 19.1. The third-order valence-corrected chi connectivity index (χ3v) is 5.93. The van der Waals surface area contributed by atoms with Crippen molar-refractivity contribution in [3.63, 3.8) is 0 Å². The van der Waals surface area contributed by atoms with Crippen molar-refractivity contribution in [2.75, 3.05) is 13.1 Å². The number of aryl methyl sites for hydroxylation is 1. The molecule has 0 aliphatic carbocycles. The molecule has 0 amide bonds. The van der Waals surface area contributed by atoms with Crippen LogP contribution in [0.15, 0.2) is 48.8 Å². The molecule has 128 valence electrons. The summed E-state index contributed by atoms with van der Waals surface area (Å²) in [5.41, 5.74) is 1.90. The number of piperidine rings is 1. The number of hydrogen-bond acceptors (Lipinski definition) is 4. The van der Waals surface area contributed by atoms with Gasteiger partial charge in [0.15, 0.2) is 0 Å². The monoisotopic (exact) mass is 346 g/mol. The van der Waals surface area contributed by atoms with E-state index in [9.17, 15) is 8.42 Å². The third-order valence-electron chi connectivity index (χ3n) is 4.12. The summed E-state index contributed by atoms with van der Waals surface area (Å²) in [4.78, 5) is 3.96. The Hall–Kier alpha value is -1.92. The standard InChI is InChI=1S/C18H22N2O3S/c1-15-4-2-5-16(12-15)14-24(21,22)20-11-3-6-18(13-20)23-17-7-9-19-10-8-17/h2,4-5,7-10,12,18H,3,6,11,13-14H2,1H3. The van der Waals surface area contributed by atoms with Gasteiger partial charge >= 0.3 is 0 Å². The highest BCUT2D eigenvalue weighted by Crippen LogP contribution is 2.21. The quantitative estimate of drug-likeness (QED) is 0.835. The molecule has 1 unspecified atom stereocenters. The molecule has 1 saturated heterocycles. The maximum absolute atomic E-state index is 12.7. The maximum atomic E-state index is 12.7. The van der Waals surface area contributed by atoms with Crippen LogP contribution < -0.4 is 4.74 Å². The van der Waals surface area contributed by atoms with E-state index in [4.69, 9.17) is 4.74 Å². The van der Waals surface area contributed by atoms with Crippen LogP contribution in [0.25, 0.3) is 0 Å². The van der Waals surface area contributed by atoms with Crippen molar-refractivity contribution in [1.82, 2.24) is 9.29 Å². The molecule has 1 atom stereocenters.